The van der Waals surface area contributed by atoms with Crippen LogP contribution in [0.1, 0.15) is 41.1 Å². The summed E-state index contributed by atoms with van der Waals surface area (Å²) in [6, 6.07) is 6.61. The van der Waals surface area contributed by atoms with Crippen molar-refractivity contribution in [1.82, 2.24) is 25.5 Å². The highest BCUT2D eigenvalue weighted by Gasteiger charge is 2.47. The van der Waals surface area contributed by atoms with Crippen molar-refractivity contribution < 1.29 is 35.9 Å². The molecule has 2 atom stereocenters. The monoisotopic (exact) mass is 597 g/mol. The van der Waals surface area contributed by atoms with Gasteiger partial charge in [-0.2, -0.15) is 18.3 Å². The number of hydrogen-bond acceptors (Lipinski definition) is 8. The number of aromatic amines is 1. The minimum absolute atomic E-state index is 0.0479. The number of amides is 1. The van der Waals surface area contributed by atoms with Gasteiger partial charge in [0.1, 0.15) is 28.8 Å². The van der Waals surface area contributed by atoms with Gasteiger partial charge in [0.2, 0.25) is 10.0 Å². The van der Waals surface area contributed by atoms with E-state index in [0.29, 0.717) is 17.3 Å². The van der Waals surface area contributed by atoms with E-state index in [1.807, 2.05) is 0 Å². The minimum Gasteiger partial charge on any atom is -0.384 e. The zero-order valence-electron chi connectivity index (χ0n) is 22.1. The molecule has 4 rings (SSSR count). The molecule has 0 saturated carbocycles. The Hall–Kier alpha value is -4.05. The minimum atomic E-state index is -4.81. The molecule has 41 heavy (non-hydrogen) atoms. The maximum Gasteiger partial charge on any atom is 0.392 e. The molecule has 2 unspecified atom stereocenters. The van der Waals surface area contributed by atoms with Crippen LogP contribution in [0.2, 0.25) is 0 Å². The quantitative estimate of drug-likeness (QED) is 0.274. The van der Waals surface area contributed by atoms with Crippen LogP contribution in [0.5, 0.6) is 0 Å². The summed E-state index contributed by atoms with van der Waals surface area (Å²) in [6.07, 6.45) is -3.22. The largest absolute Gasteiger partial charge is 0.392 e. The van der Waals surface area contributed by atoms with E-state index in [-0.39, 0.29) is 41.5 Å². The second kappa shape index (κ2) is 11.1. The molecule has 220 valence electrons. The summed E-state index contributed by atoms with van der Waals surface area (Å²) in [7, 11) is -2.26. The first-order valence-corrected chi connectivity index (χ1v) is 14.1. The number of benzene rings is 1. The molecule has 0 spiro atoms. The number of sulfonamides is 1. The number of alkyl halides is 3. The molecule has 0 bridgehead atoms. The highest BCUT2D eigenvalue weighted by Crippen LogP contribution is 2.42. The predicted octanol–water partition coefficient (Wildman–Crippen LogP) is 3.30. The zero-order valence-corrected chi connectivity index (χ0v) is 22.9. The van der Waals surface area contributed by atoms with Gasteiger partial charge in [0.15, 0.2) is 5.65 Å². The normalized spacial score (nSPS) is 19.2. The fourth-order valence-corrected chi connectivity index (χ4v) is 5.64. The molecular formula is C25H27F4N7O4S. The van der Waals surface area contributed by atoms with Crippen LogP contribution in [-0.4, -0.2) is 71.2 Å². The van der Waals surface area contributed by atoms with Crippen LogP contribution >= 0.6 is 0 Å². The Morgan fingerprint density at radius 3 is 2.59 bits per heavy atom. The van der Waals surface area contributed by atoms with E-state index in [4.69, 9.17) is 0 Å². The van der Waals surface area contributed by atoms with Crippen LogP contribution in [0, 0.1) is 0 Å². The summed E-state index contributed by atoms with van der Waals surface area (Å²) in [6.45, 7) is 1.76. The molecule has 4 N–H and O–H groups in total. The number of H-pyrrole nitrogens is 1. The Kier molecular flexibility index (Phi) is 8.09. The van der Waals surface area contributed by atoms with Gasteiger partial charge in [-0.25, -0.2) is 22.8 Å². The van der Waals surface area contributed by atoms with Crippen LogP contribution in [0.4, 0.5) is 29.1 Å². The summed E-state index contributed by atoms with van der Waals surface area (Å²) < 4.78 is 80.4. The van der Waals surface area contributed by atoms with E-state index in [9.17, 15) is 35.9 Å². The van der Waals surface area contributed by atoms with Gasteiger partial charge >= 0.3 is 6.18 Å². The Morgan fingerprint density at radius 2 is 1.95 bits per heavy atom. The van der Waals surface area contributed by atoms with E-state index in [1.54, 1.807) is 31.2 Å². The molecular weight excluding hydrogens is 570 g/mol. The lowest BCUT2D eigenvalue weighted by molar-refractivity contribution is -0.169. The van der Waals surface area contributed by atoms with Crippen molar-refractivity contribution >= 4 is 38.5 Å². The van der Waals surface area contributed by atoms with Crippen LogP contribution in [0.3, 0.4) is 0 Å². The lowest BCUT2D eigenvalue weighted by Crippen LogP contribution is -2.40. The van der Waals surface area contributed by atoms with Crippen LogP contribution < -0.4 is 14.9 Å². The summed E-state index contributed by atoms with van der Waals surface area (Å²) in [5, 5.41) is 23.0. The molecule has 1 aromatic carbocycles. The molecule has 2 heterocycles. The van der Waals surface area contributed by atoms with E-state index in [0.717, 1.165) is 18.4 Å². The number of carbonyl (C=O) groups is 1. The topological polar surface area (TPSA) is 153 Å². The number of halogens is 4. The van der Waals surface area contributed by atoms with Gasteiger partial charge in [-0.05, 0) is 36.8 Å². The number of aliphatic hydroxyl groups is 1. The number of nitrogens with zero attached hydrogens (tertiary/aromatic N) is 4. The molecule has 1 amide bonds. The second-order valence-electron chi connectivity index (χ2n) is 9.36. The van der Waals surface area contributed by atoms with Crippen molar-refractivity contribution in [1.29, 1.82) is 0 Å². The summed E-state index contributed by atoms with van der Waals surface area (Å²) >= 11 is 0. The Bertz CT molecular complexity index is 1640. The van der Waals surface area contributed by atoms with E-state index in [2.05, 4.69) is 30.8 Å². The molecule has 3 aromatic rings. The fraction of sp³-hybridized carbons (Fsp3) is 0.360. The first kappa shape index (κ1) is 29.9. The fourth-order valence-electron chi connectivity index (χ4n) is 4.64. The third kappa shape index (κ3) is 6.32. The van der Waals surface area contributed by atoms with Gasteiger partial charge in [0, 0.05) is 20.1 Å². The smallest absolute Gasteiger partial charge is 0.384 e. The predicted molar refractivity (Wildman–Crippen MR) is 143 cm³/mol. The van der Waals surface area contributed by atoms with E-state index in [1.165, 1.54) is 11.4 Å². The summed E-state index contributed by atoms with van der Waals surface area (Å²) in [5.41, 5.74) is -1.92. The van der Waals surface area contributed by atoms with Crippen molar-refractivity contribution in [2.24, 2.45) is 0 Å². The second-order valence-corrected chi connectivity index (χ2v) is 11.3. The number of carbonyl (C=O) groups excluding carboxylic acids is 1. The van der Waals surface area contributed by atoms with Gasteiger partial charge in [0.05, 0.1) is 29.7 Å². The van der Waals surface area contributed by atoms with Gasteiger partial charge in [-0.15, -0.1) is 0 Å². The molecule has 11 nitrogen and oxygen atoms in total. The Balaban J connectivity index is 1.84. The van der Waals surface area contributed by atoms with Gasteiger partial charge in [0.25, 0.3) is 5.91 Å². The molecule has 1 aliphatic rings. The highest BCUT2D eigenvalue weighted by molar-refractivity contribution is 7.92. The molecule has 1 aliphatic carbocycles. The van der Waals surface area contributed by atoms with Crippen LogP contribution in [-0.2, 0) is 16.6 Å². The number of rotatable bonds is 9. The average Bonchev–Trinajstić information content (AvgIpc) is 3.32. The Morgan fingerprint density at radius 1 is 1.24 bits per heavy atom. The SMILES string of the molecule is CCN(c1ccccc1CNc1nc(C2C=C(F)C=CC2(O)CC(F)(F)F)nc2n[nH]c(C(=O)NC)c12)S(C)(=O)=O. The van der Waals surface area contributed by atoms with Crippen LogP contribution in [0.25, 0.3) is 11.0 Å². The third-order valence-corrected chi connectivity index (χ3v) is 7.69. The maximum atomic E-state index is 14.3. The van der Waals surface area contributed by atoms with E-state index < -0.39 is 45.9 Å². The van der Waals surface area contributed by atoms with Gasteiger partial charge in [-0.3, -0.25) is 14.2 Å². The van der Waals surface area contributed by atoms with Crippen molar-refractivity contribution in [3.63, 3.8) is 0 Å². The number of para-hydroxylation sites is 1. The van der Waals surface area contributed by atoms with Crippen molar-refractivity contribution in [3.8, 4) is 0 Å². The van der Waals surface area contributed by atoms with Crippen molar-refractivity contribution in [2.45, 2.75) is 37.6 Å². The Labute approximate surface area is 232 Å². The zero-order chi connectivity index (χ0) is 30.2. The number of hydrogen-bond donors (Lipinski definition) is 4. The first-order chi connectivity index (χ1) is 19.2. The number of nitrogens with one attached hydrogen (secondary N) is 3. The molecule has 0 fully saturated rings. The maximum absolute atomic E-state index is 14.3. The average molecular weight is 598 g/mol. The molecule has 16 heteroatoms. The molecule has 0 aliphatic heterocycles. The van der Waals surface area contributed by atoms with Gasteiger partial charge in [-0.1, -0.05) is 18.2 Å². The molecule has 0 radical (unpaired) electrons. The molecule has 0 saturated heterocycles. The van der Waals surface area contributed by atoms with Crippen molar-refractivity contribution in [3.05, 3.63) is 65.4 Å². The number of anilines is 2. The summed E-state index contributed by atoms with van der Waals surface area (Å²) in [5.74, 6) is -3.61. The summed E-state index contributed by atoms with van der Waals surface area (Å²) in [4.78, 5) is 21.0. The lowest BCUT2D eigenvalue weighted by Gasteiger charge is -2.33. The highest BCUT2D eigenvalue weighted by atomic mass is 32.2. The number of allylic oxidation sites excluding steroid dienone is 2. The standard InChI is InChI=1S/C25H27F4N7O4S/c1-4-36(41(3,39)40)17-8-6-5-7-14(17)12-31-21-18-19(23(37)30-2)34-35-22(18)33-20(32-21)16-11-15(26)9-10-24(16,38)13-25(27,28)29/h5-11,16,38H,4,12-13H2,1-3H3,(H,30,37)(H2,31,32,33,34,35). The van der Waals surface area contributed by atoms with Crippen LogP contribution in [0.15, 0.2) is 48.3 Å². The number of fused-ring (bicyclic) bond motifs is 1. The third-order valence-electron chi connectivity index (χ3n) is 6.44. The van der Waals surface area contributed by atoms with E-state index >= 15 is 0 Å². The lowest BCUT2D eigenvalue weighted by atomic mass is 9.80. The first-order valence-electron chi connectivity index (χ1n) is 12.3. The molecule has 2 aromatic heterocycles. The van der Waals surface area contributed by atoms with Gasteiger partial charge < -0.3 is 15.7 Å². The van der Waals surface area contributed by atoms with Crippen molar-refractivity contribution in [2.75, 3.05) is 29.5 Å². The number of aromatic nitrogens is 4.